The van der Waals surface area contributed by atoms with Crippen molar-refractivity contribution in [3.8, 4) is 17.5 Å². The van der Waals surface area contributed by atoms with Crippen LogP contribution in [0.2, 0.25) is 0 Å². The molecule has 6 nitrogen and oxygen atoms in total. The summed E-state index contributed by atoms with van der Waals surface area (Å²) in [5, 5.41) is 12.3. The Morgan fingerprint density at radius 1 is 1.25 bits per heavy atom. The van der Waals surface area contributed by atoms with Gasteiger partial charge >= 0.3 is 5.97 Å². The molecule has 1 N–H and O–H groups in total. The van der Waals surface area contributed by atoms with Gasteiger partial charge in [0, 0.05) is 17.5 Å². The Bertz CT molecular complexity index is 1120. The second-order valence-electron chi connectivity index (χ2n) is 7.90. The molecule has 1 aromatic heterocycles. The highest BCUT2D eigenvalue weighted by molar-refractivity contribution is 5.93. The van der Waals surface area contributed by atoms with Crippen LogP contribution in [0.1, 0.15) is 45.1 Å². The first kappa shape index (κ1) is 23.1. The van der Waals surface area contributed by atoms with E-state index in [0.29, 0.717) is 18.4 Å². The van der Waals surface area contributed by atoms with Crippen LogP contribution in [0.4, 0.5) is 5.69 Å². The molecule has 0 amide bonds. The number of ether oxygens (including phenoxy) is 1. The molecule has 1 unspecified atom stereocenters. The van der Waals surface area contributed by atoms with Gasteiger partial charge in [-0.05, 0) is 61.2 Å². The standard InChI is InChI=1S/C26H29N3O3/c1-4-6-7-19(5-2)17-31-26(30)21(15-27)16-28-22-11-9-20(10-12-22)25-29-23-14-18(3)8-13-24(23)32-25/h8-14,16,19,28H,4-7,17H2,1-3H3/b21-16-. The molecule has 1 atom stereocenters. The summed E-state index contributed by atoms with van der Waals surface area (Å²) in [6, 6.07) is 15.2. The number of hydrogen-bond donors (Lipinski definition) is 1. The van der Waals surface area contributed by atoms with Crippen LogP contribution >= 0.6 is 0 Å². The molecule has 0 aliphatic rings. The molecule has 6 heteroatoms. The lowest BCUT2D eigenvalue weighted by atomic mass is 10.0. The number of anilines is 1. The molecule has 32 heavy (non-hydrogen) atoms. The third-order valence-corrected chi connectivity index (χ3v) is 5.39. The maximum Gasteiger partial charge on any atom is 0.350 e. The van der Waals surface area contributed by atoms with E-state index in [1.165, 1.54) is 6.20 Å². The van der Waals surface area contributed by atoms with E-state index in [-0.39, 0.29) is 5.57 Å². The Balaban J connectivity index is 1.61. The number of fused-ring (bicyclic) bond motifs is 1. The minimum Gasteiger partial charge on any atom is -0.461 e. The van der Waals surface area contributed by atoms with E-state index in [0.717, 1.165) is 53.6 Å². The summed E-state index contributed by atoms with van der Waals surface area (Å²) >= 11 is 0. The van der Waals surface area contributed by atoms with E-state index in [2.05, 4.69) is 24.1 Å². The third-order valence-electron chi connectivity index (χ3n) is 5.39. The fraction of sp³-hybridized carbons (Fsp3) is 0.346. The summed E-state index contributed by atoms with van der Waals surface area (Å²) in [5.41, 5.74) is 4.20. The summed E-state index contributed by atoms with van der Waals surface area (Å²) in [4.78, 5) is 16.8. The summed E-state index contributed by atoms with van der Waals surface area (Å²) in [6.07, 6.45) is 5.58. The number of oxazole rings is 1. The van der Waals surface area contributed by atoms with Crippen LogP contribution < -0.4 is 5.32 Å². The molecule has 2 aromatic carbocycles. The van der Waals surface area contributed by atoms with E-state index < -0.39 is 5.97 Å². The van der Waals surface area contributed by atoms with Crippen LogP contribution in [-0.2, 0) is 9.53 Å². The van der Waals surface area contributed by atoms with Crippen LogP contribution in [0.15, 0.2) is 58.7 Å². The highest BCUT2D eigenvalue weighted by Gasteiger charge is 2.14. The molecule has 0 aliphatic heterocycles. The van der Waals surface area contributed by atoms with Gasteiger partial charge in [0.05, 0.1) is 6.61 Å². The Labute approximate surface area is 188 Å². The highest BCUT2D eigenvalue weighted by atomic mass is 16.5. The minimum absolute atomic E-state index is 0.0614. The molecule has 0 spiro atoms. The van der Waals surface area contributed by atoms with Crippen molar-refractivity contribution in [2.24, 2.45) is 5.92 Å². The van der Waals surface area contributed by atoms with Gasteiger partial charge in [0.1, 0.15) is 11.6 Å². The number of aryl methyl sites for hydroxylation is 1. The zero-order valence-corrected chi connectivity index (χ0v) is 18.9. The predicted octanol–water partition coefficient (Wildman–Crippen LogP) is 6.38. The second-order valence-corrected chi connectivity index (χ2v) is 7.90. The van der Waals surface area contributed by atoms with E-state index >= 15 is 0 Å². The molecule has 3 rings (SSSR count). The maximum absolute atomic E-state index is 12.3. The first-order chi connectivity index (χ1) is 15.5. The molecular formula is C26H29N3O3. The summed E-state index contributed by atoms with van der Waals surface area (Å²) in [5.74, 6) is 0.269. The third kappa shape index (κ3) is 5.98. The van der Waals surface area contributed by atoms with Crippen molar-refractivity contribution in [3.05, 3.63) is 59.8 Å². The van der Waals surface area contributed by atoms with E-state index in [9.17, 15) is 10.1 Å². The Kier molecular flexibility index (Phi) is 8.04. The quantitative estimate of drug-likeness (QED) is 0.228. The topological polar surface area (TPSA) is 88.2 Å². The number of nitrogens with one attached hydrogen (secondary N) is 1. The van der Waals surface area contributed by atoms with Crippen LogP contribution in [0.3, 0.4) is 0 Å². The number of aromatic nitrogens is 1. The molecular weight excluding hydrogens is 402 g/mol. The number of carbonyl (C=O) groups excluding carboxylic acids is 1. The van der Waals surface area contributed by atoms with Gasteiger partial charge < -0.3 is 14.5 Å². The minimum atomic E-state index is -0.603. The van der Waals surface area contributed by atoms with Crippen molar-refractivity contribution < 1.29 is 13.9 Å². The first-order valence-corrected chi connectivity index (χ1v) is 11.1. The van der Waals surface area contributed by atoms with Crippen molar-refractivity contribution in [3.63, 3.8) is 0 Å². The fourth-order valence-corrected chi connectivity index (χ4v) is 3.33. The number of hydrogen-bond acceptors (Lipinski definition) is 6. The Morgan fingerprint density at radius 3 is 2.72 bits per heavy atom. The Hall–Kier alpha value is -3.59. The largest absolute Gasteiger partial charge is 0.461 e. The SMILES string of the molecule is CCCCC(CC)COC(=O)/C(C#N)=C\Nc1ccc(-c2nc3cc(C)ccc3o2)cc1. The number of esters is 1. The van der Waals surface area contributed by atoms with Crippen molar-refractivity contribution in [2.75, 3.05) is 11.9 Å². The average molecular weight is 432 g/mol. The molecule has 1 heterocycles. The molecule has 0 saturated carbocycles. The van der Waals surface area contributed by atoms with Crippen LogP contribution in [0, 0.1) is 24.2 Å². The second kappa shape index (κ2) is 11.1. The van der Waals surface area contributed by atoms with Crippen molar-refractivity contribution in [1.82, 2.24) is 4.98 Å². The fourth-order valence-electron chi connectivity index (χ4n) is 3.33. The van der Waals surface area contributed by atoms with Crippen LogP contribution in [-0.4, -0.2) is 17.6 Å². The number of nitriles is 1. The zero-order chi connectivity index (χ0) is 22.9. The van der Waals surface area contributed by atoms with E-state index in [4.69, 9.17) is 9.15 Å². The summed E-state index contributed by atoms with van der Waals surface area (Å²) in [6.45, 7) is 6.58. The van der Waals surface area contributed by atoms with Gasteiger partial charge in [-0.3, -0.25) is 0 Å². The molecule has 0 saturated heterocycles. The van der Waals surface area contributed by atoms with Crippen LogP contribution in [0.25, 0.3) is 22.6 Å². The highest BCUT2D eigenvalue weighted by Crippen LogP contribution is 2.26. The van der Waals surface area contributed by atoms with Gasteiger partial charge in [-0.1, -0.05) is 39.2 Å². The normalized spacial score (nSPS) is 12.4. The van der Waals surface area contributed by atoms with Gasteiger partial charge in [0.15, 0.2) is 11.2 Å². The summed E-state index contributed by atoms with van der Waals surface area (Å²) < 4.78 is 11.2. The van der Waals surface area contributed by atoms with Crippen molar-refractivity contribution >= 4 is 22.8 Å². The van der Waals surface area contributed by atoms with Crippen molar-refractivity contribution in [1.29, 1.82) is 5.26 Å². The van der Waals surface area contributed by atoms with Gasteiger partial charge in [-0.15, -0.1) is 0 Å². The van der Waals surface area contributed by atoms with E-state index in [1.807, 2.05) is 55.5 Å². The number of rotatable bonds is 10. The smallest absolute Gasteiger partial charge is 0.350 e. The van der Waals surface area contributed by atoms with E-state index in [1.54, 1.807) is 0 Å². The van der Waals surface area contributed by atoms with Gasteiger partial charge in [-0.2, -0.15) is 5.26 Å². The molecule has 0 aliphatic carbocycles. The first-order valence-electron chi connectivity index (χ1n) is 11.1. The maximum atomic E-state index is 12.3. The lowest BCUT2D eigenvalue weighted by Gasteiger charge is -2.14. The molecule has 3 aromatic rings. The summed E-state index contributed by atoms with van der Waals surface area (Å²) in [7, 11) is 0. The van der Waals surface area contributed by atoms with Crippen LogP contribution in [0.5, 0.6) is 0 Å². The average Bonchev–Trinajstić information content (AvgIpc) is 3.23. The number of benzene rings is 2. The molecule has 0 fully saturated rings. The number of carbonyl (C=O) groups is 1. The number of nitrogens with zero attached hydrogens (tertiary/aromatic N) is 2. The predicted molar refractivity (Wildman–Crippen MR) is 126 cm³/mol. The number of unbranched alkanes of at least 4 members (excludes halogenated alkanes) is 1. The van der Waals surface area contributed by atoms with Crippen molar-refractivity contribution in [2.45, 2.75) is 46.5 Å². The van der Waals surface area contributed by atoms with Gasteiger partial charge in [-0.25, -0.2) is 9.78 Å². The lowest BCUT2D eigenvalue weighted by Crippen LogP contribution is -2.15. The Morgan fingerprint density at radius 2 is 2.03 bits per heavy atom. The van der Waals surface area contributed by atoms with Gasteiger partial charge in [0.25, 0.3) is 0 Å². The monoisotopic (exact) mass is 431 g/mol. The lowest BCUT2D eigenvalue weighted by molar-refractivity contribution is -0.140. The molecule has 166 valence electrons. The van der Waals surface area contributed by atoms with Gasteiger partial charge in [0.2, 0.25) is 5.89 Å². The molecule has 0 radical (unpaired) electrons. The zero-order valence-electron chi connectivity index (χ0n) is 18.9. The molecule has 0 bridgehead atoms.